The third kappa shape index (κ3) is 12.6. The number of phenols is 1. The molecule has 30 heavy (non-hydrogen) atoms. The molecule has 1 saturated carbocycles. The number of quaternary nitrogens is 3. The van der Waals surface area contributed by atoms with Crippen LogP contribution >= 0.6 is 0 Å². The van der Waals surface area contributed by atoms with Gasteiger partial charge in [0.1, 0.15) is 17.8 Å². The van der Waals surface area contributed by atoms with Crippen molar-refractivity contribution >= 4 is 12.0 Å². The number of nitrogens with two attached hydrogens (primary N) is 2. The summed E-state index contributed by atoms with van der Waals surface area (Å²) in [6.45, 7) is 3.99. The molecule has 1 aliphatic carbocycles. The molecule has 9 N–H and O–H groups in total. The highest BCUT2D eigenvalue weighted by atomic mass is 35.5. The van der Waals surface area contributed by atoms with Crippen molar-refractivity contribution in [2.45, 2.75) is 50.6 Å². The molecule has 1 amide bonds. The molecule has 174 valence electrons. The molecule has 1 fully saturated rings. The number of benzene rings is 1. The molecule has 1 aliphatic rings. The molecule has 9 heteroatoms. The molecule has 1 aromatic carbocycles. The minimum atomic E-state index is -0.0693. The van der Waals surface area contributed by atoms with Gasteiger partial charge in [-0.25, -0.2) is 0 Å². The molecular formula is C21H37Cl3N4O2. The van der Waals surface area contributed by atoms with Crippen LogP contribution in [0.1, 0.15) is 44.1 Å². The molecular weight excluding hydrogens is 447 g/mol. The van der Waals surface area contributed by atoms with Gasteiger partial charge >= 0.3 is 0 Å². The van der Waals surface area contributed by atoms with Crippen LogP contribution in [0.15, 0.2) is 30.3 Å². The normalized spacial score (nSPS) is 18.0. The number of rotatable bonds is 11. The average Bonchev–Trinajstić information content (AvgIpc) is 2.68. The number of nitrogens with one attached hydrogen (secondary N) is 1. The molecule has 0 bridgehead atoms. The zero-order chi connectivity index (χ0) is 19.3. The molecule has 0 heterocycles. The zero-order valence-corrected chi connectivity index (χ0v) is 19.8. The Morgan fingerprint density at radius 1 is 1.03 bits per heavy atom. The van der Waals surface area contributed by atoms with Crippen molar-refractivity contribution in [3.63, 3.8) is 0 Å². The number of aromatic hydroxyl groups is 1. The lowest BCUT2D eigenvalue weighted by atomic mass is 9.90. The van der Waals surface area contributed by atoms with Crippen LogP contribution < -0.4 is 58.9 Å². The van der Waals surface area contributed by atoms with Gasteiger partial charge in [0.15, 0.2) is 0 Å². The minimum Gasteiger partial charge on any atom is -1.00 e. The smallest absolute Gasteiger partial charge is 0.244 e. The monoisotopic (exact) mass is 482 g/mol. The molecule has 0 aliphatic heterocycles. The van der Waals surface area contributed by atoms with E-state index in [9.17, 15) is 9.90 Å². The Bertz CT molecular complexity index is 588. The summed E-state index contributed by atoms with van der Waals surface area (Å²) >= 11 is 0. The fourth-order valence-electron chi connectivity index (χ4n) is 3.71. The SMILES string of the molecule is [Cl-].[Cl-].[Cl-].[NH3+]CCC[NH2+][C@@H]1CCCC[C@H]1[NH2+]CCCNC(=O)/C=C/c1ccc(O)cc1. The quantitative estimate of drug-likeness (QED) is 0.159. The first-order valence-corrected chi connectivity index (χ1v) is 10.4. The first kappa shape index (κ1) is 31.2. The van der Waals surface area contributed by atoms with E-state index in [2.05, 4.69) is 21.7 Å². The number of phenolic OH excluding ortho intramolecular Hbond substituents is 1. The second-order valence-corrected chi connectivity index (χ2v) is 7.44. The fourth-order valence-corrected chi connectivity index (χ4v) is 3.71. The first-order valence-electron chi connectivity index (χ1n) is 10.4. The first-order chi connectivity index (χ1) is 13.2. The Hall–Kier alpha value is -1.02. The number of halogens is 3. The van der Waals surface area contributed by atoms with E-state index in [-0.39, 0.29) is 48.9 Å². The van der Waals surface area contributed by atoms with Gasteiger partial charge in [-0.3, -0.25) is 4.79 Å². The predicted molar refractivity (Wildman–Crippen MR) is 107 cm³/mol. The van der Waals surface area contributed by atoms with Gasteiger partial charge in [-0.1, -0.05) is 12.1 Å². The highest BCUT2D eigenvalue weighted by Crippen LogP contribution is 2.13. The maximum atomic E-state index is 11.9. The summed E-state index contributed by atoms with van der Waals surface area (Å²) in [7, 11) is 0. The van der Waals surface area contributed by atoms with Crippen molar-refractivity contribution in [1.29, 1.82) is 0 Å². The Morgan fingerprint density at radius 2 is 1.60 bits per heavy atom. The Kier molecular flexibility index (Phi) is 19.5. The summed E-state index contributed by atoms with van der Waals surface area (Å²) < 4.78 is 0. The lowest BCUT2D eigenvalue weighted by Gasteiger charge is -2.27. The van der Waals surface area contributed by atoms with E-state index in [1.807, 2.05) is 0 Å². The second kappa shape index (κ2) is 18.7. The summed E-state index contributed by atoms with van der Waals surface area (Å²) in [6.07, 6.45) is 10.8. The third-order valence-electron chi connectivity index (χ3n) is 5.27. The van der Waals surface area contributed by atoms with E-state index in [0.717, 1.165) is 31.1 Å². The van der Waals surface area contributed by atoms with Crippen molar-refractivity contribution < 1.29 is 63.5 Å². The van der Waals surface area contributed by atoms with Crippen LogP contribution in [0.3, 0.4) is 0 Å². The van der Waals surface area contributed by atoms with Crippen LogP contribution in [0, 0.1) is 0 Å². The van der Waals surface area contributed by atoms with Crippen LogP contribution in [-0.2, 0) is 4.79 Å². The summed E-state index contributed by atoms with van der Waals surface area (Å²) in [5.74, 6) is 0.160. The molecule has 2 atom stereocenters. The molecule has 1 aromatic rings. The van der Waals surface area contributed by atoms with Crippen molar-refractivity contribution in [3.05, 3.63) is 35.9 Å². The van der Waals surface area contributed by atoms with Crippen molar-refractivity contribution in [2.75, 3.05) is 26.2 Å². The van der Waals surface area contributed by atoms with E-state index in [1.54, 1.807) is 36.4 Å². The Labute approximate surface area is 199 Å². The van der Waals surface area contributed by atoms with Gasteiger partial charge in [-0.15, -0.1) is 0 Å². The van der Waals surface area contributed by atoms with Gasteiger partial charge < -0.3 is 64.0 Å². The number of hydrogen-bond acceptors (Lipinski definition) is 2. The number of carbonyl (C=O) groups is 1. The summed E-state index contributed by atoms with van der Waals surface area (Å²) in [6, 6.07) is 8.25. The van der Waals surface area contributed by atoms with Crippen LogP contribution in [-0.4, -0.2) is 49.3 Å². The molecule has 2 rings (SSSR count). The van der Waals surface area contributed by atoms with E-state index in [0.29, 0.717) is 12.6 Å². The lowest BCUT2D eigenvalue weighted by Crippen LogP contribution is -3.04. The predicted octanol–water partition coefficient (Wildman–Crippen LogP) is -10.0. The topological polar surface area (TPSA) is 110 Å². The number of carbonyl (C=O) groups excluding carboxylic acids is 1. The largest absolute Gasteiger partial charge is 1.00 e. The molecule has 0 spiro atoms. The van der Waals surface area contributed by atoms with Crippen molar-refractivity contribution in [1.82, 2.24) is 5.32 Å². The maximum absolute atomic E-state index is 11.9. The zero-order valence-electron chi connectivity index (χ0n) is 17.5. The molecule has 0 aromatic heterocycles. The minimum absolute atomic E-state index is 0. The third-order valence-corrected chi connectivity index (χ3v) is 5.27. The highest BCUT2D eigenvalue weighted by Gasteiger charge is 2.30. The number of hydrogen-bond donors (Lipinski definition) is 5. The molecule has 6 nitrogen and oxygen atoms in total. The van der Waals surface area contributed by atoms with Crippen LogP contribution in [0.4, 0.5) is 0 Å². The fraction of sp³-hybridized carbons (Fsp3) is 0.571. The van der Waals surface area contributed by atoms with Crippen molar-refractivity contribution in [3.8, 4) is 5.75 Å². The lowest BCUT2D eigenvalue weighted by molar-refractivity contribution is -0.777. The summed E-state index contributed by atoms with van der Waals surface area (Å²) in [5, 5.41) is 17.2. The van der Waals surface area contributed by atoms with E-state index in [1.165, 1.54) is 38.6 Å². The van der Waals surface area contributed by atoms with Crippen molar-refractivity contribution in [2.24, 2.45) is 0 Å². The van der Waals surface area contributed by atoms with Crippen LogP contribution in [0.2, 0.25) is 0 Å². The summed E-state index contributed by atoms with van der Waals surface area (Å²) in [5.41, 5.74) is 4.83. The number of amides is 1. The van der Waals surface area contributed by atoms with E-state index >= 15 is 0 Å². The van der Waals surface area contributed by atoms with E-state index < -0.39 is 0 Å². The van der Waals surface area contributed by atoms with Gasteiger partial charge in [0, 0.05) is 38.3 Å². The van der Waals surface area contributed by atoms with Gasteiger partial charge in [0.2, 0.25) is 5.91 Å². The van der Waals surface area contributed by atoms with E-state index in [4.69, 9.17) is 0 Å². The van der Waals surface area contributed by atoms with Gasteiger partial charge in [-0.2, -0.15) is 0 Å². The van der Waals surface area contributed by atoms with Gasteiger partial charge in [0.25, 0.3) is 0 Å². The standard InChI is InChI=1S/C21H34N4O2.3ClH/c22-13-3-14-23-19-5-1-2-6-20(19)24-15-4-16-25-21(27)12-9-17-7-10-18(26)11-8-17;;;/h7-12,19-20,23-24,26H,1-6,13-16,22H2,(H,25,27);3*1H/b12-9+;;;/t19-,20-;;;/m1.../s1. The Morgan fingerprint density at radius 3 is 2.17 bits per heavy atom. The molecule has 0 saturated heterocycles. The molecule has 0 radical (unpaired) electrons. The van der Waals surface area contributed by atoms with Gasteiger partial charge in [-0.05, 0) is 36.6 Å². The average molecular weight is 484 g/mol. The Balaban J connectivity index is 0. The van der Waals surface area contributed by atoms with Gasteiger partial charge in [0.05, 0.1) is 19.6 Å². The van der Waals surface area contributed by atoms with Crippen LogP contribution in [0.25, 0.3) is 6.08 Å². The highest BCUT2D eigenvalue weighted by molar-refractivity contribution is 5.91. The summed E-state index contributed by atoms with van der Waals surface area (Å²) in [4.78, 5) is 11.9. The van der Waals surface area contributed by atoms with Crippen LogP contribution in [0.5, 0.6) is 5.75 Å². The molecule has 0 unspecified atom stereocenters. The second-order valence-electron chi connectivity index (χ2n) is 7.44. The maximum Gasteiger partial charge on any atom is 0.244 e.